The van der Waals surface area contributed by atoms with Gasteiger partial charge in [-0.05, 0) is 42.7 Å². The first kappa shape index (κ1) is 20.0. The van der Waals surface area contributed by atoms with E-state index in [1.54, 1.807) is 0 Å². The maximum Gasteiger partial charge on any atom is 0.222 e. The van der Waals surface area contributed by atoms with Gasteiger partial charge in [-0.2, -0.15) is 0 Å². The molecule has 1 atom stereocenters. The third-order valence-corrected chi connectivity index (χ3v) is 5.52. The Labute approximate surface area is 178 Å². The molecule has 4 heteroatoms. The first-order valence-corrected chi connectivity index (χ1v) is 10.4. The molecule has 1 aliphatic rings. The van der Waals surface area contributed by atoms with Crippen LogP contribution in [-0.4, -0.2) is 18.6 Å². The highest BCUT2D eigenvalue weighted by Crippen LogP contribution is 2.36. The predicted octanol–water partition coefficient (Wildman–Crippen LogP) is 4.78. The van der Waals surface area contributed by atoms with Gasteiger partial charge in [0.25, 0.3) is 0 Å². The number of nitrogens with zero attached hydrogens (tertiary/aromatic N) is 1. The lowest BCUT2D eigenvalue weighted by atomic mass is 10.0. The van der Waals surface area contributed by atoms with Crippen LogP contribution in [0.15, 0.2) is 72.8 Å². The summed E-state index contributed by atoms with van der Waals surface area (Å²) in [6, 6.07) is 24.9. The van der Waals surface area contributed by atoms with Crippen molar-refractivity contribution in [1.29, 1.82) is 0 Å². The lowest BCUT2D eigenvalue weighted by Crippen LogP contribution is -2.45. The number of carbonyl (C=O) groups excluding carboxylic acids is 1. The fourth-order valence-corrected chi connectivity index (χ4v) is 3.80. The van der Waals surface area contributed by atoms with Crippen LogP contribution in [0.1, 0.15) is 28.7 Å². The number of carbonyl (C=O) groups is 1. The Morgan fingerprint density at radius 2 is 1.70 bits per heavy atom. The first-order chi connectivity index (χ1) is 14.6. The number of ether oxygens (including phenoxy) is 1. The van der Waals surface area contributed by atoms with E-state index < -0.39 is 0 Å². The van der Waals surface area contributed by atoms with E-state index in [1.165, 1.54) is 16.7 Å². The summed E-state index contributed by atoms with van der Waals surface area (Å²) >= 11 is 0. The molecule has 0 spiro atoms. The number of anilines is 1. The summed E-state index contributed by atoms with van der Waals surface area (Å²) in [5.74, 6) is 0.931. The van der Waals surface area contributed by atoms with Crippen LogP contribution in [0, 0.1) is 13.8 Å². The third-order valence-electron chi connectivity index (χ3n) is 5.52. The molecule has 1 heterocycles. The van der Waals surface area contributed by atoms with Gasteiger partial charge in [-0.15, -0.1) is 0 Å². The Bertz CT molecular complexity index is 999. The van der Waals surface area contributed by atoms with Crippen LogP contribution in [0.5, 0.6) is 5.75 Å². The normalized spacial score (nSPS) is 15.3. The average Bonchev–Trinajstić information content (AvgIpc) is 2.75. The van der Waals surface area contributed by atoms with E-state index in [9.17, 15) is 4.79 Å². The van der Waals surface area contributed by atoms with Crippen LogP contribution in [-0.2, 0) is 17.9 Å². The minimum atomic E-state index is -0.0153. The number of hydrogen-bond donors (Lipinski definition) is 1. The maximum atomic E-state index is 12.7. The second-order valence-corrected chi connectivity index (χ2v) is 8.02. The summed E-state index contributed by atoms with van der Waals surface area (Å²) in [7, 11) is 0. The molecule has 0 saturated carbocycles. The second kappa shape index (κ2) is 9.04. The van der Waals surface area contributed by atoms with Crippen LogP contribution in [0.25, 0.3) is 0 Å². The summed E-state index contributed by atoms with van der Waals surface area (Å²) in [6.45, 7) is 5.92. The van der Waals surface area contributed by atoms with Gasteiger partial charge in [0.15, 0.2) is 0 Å². The average molecular weight is 401 g/mol. The van der Waals surface area contributed by atoms with Gasteiger partial charge in [-0.3, -0.25) is 4.79 Å². The zero-order valence-corrected chi connectivity index (χ0v) is 17.6. The zero-order valence-electron chi connectivity index (χ0n) is 17.6. The van der Waals surface area contributed by atoms with Crippen LogP contribution >= 0.6 is 0 Å². The van der Waals surface area contributed by atoms with Crippen molar-refractivity contribution in [1.82, 2.24) is 5.32 Å². The summed E-state index contributed by atoms with van der Waals surface area (Å²) in [4.78, 5) is 15.0. The summed E-state index contributed by atoms with van der Waals surface area (Å²) in [5, 5.41) is 3.06. The molecular formula is C26H28N2O2. The SMILES string of the molecule is Cc1ccc(CNC(=O)C[C@@H]2COc3cc(C)ccc3N2Cc2ccccc2)cc1. The van der Waals surface area contributed by atoms with E-state index in [4.69, 9.17) is 4.74 Å². The van der Waals surface area contributed by atoms with Crippen LogP contribution in [0.4, 0.5) is 5.69 Å². The van der Waals surface area contributed by atoms with E-state index >= 15 is 0 Å². The monoisotopic (exact) mass is 400 g/mol. The van der Waals surface area contributed by atoms with Crippen molar-refractivity contribution >= 4 is 11.6 Å². The molecule has 0 bridgehead atoms. The Morgan fingerprint density at radius 3 is 2.47 bits per heavy atom. The van der Waals surface area contributed by atoms with Crippen molar-refractivity contribution in [3.63, 3.8) is 0 Å². The molecule has 0 aliphatic carbocycles. The standard InChI is InChI=1S/C26H28N2O2/c1-19-8-11-21(12-9-19)16-27-26(29)15-23-18-30-25-14-20(2)10-13-24(25)28(23)17-22-6-4-3-5-7-22/h3-14,23H,15-18H2,1-2H3,(H,27,29)/t23-/m1/s1. The van der Waals surface area contributed by atoms with Gasteiger partial charge in [-0.1, -0.05) is 66.2 Å². The number of hydrogen-bond acceptors (Lipinski definition) is 3. The van der Waals surface area contributed by atoms with Crippen molar-refractivity contribution in [3.8, 4) is 5.75 Å². The largest absolute Gasteiger partial charge is 0.489 e. The topological polar surface area (TPSA) is 41.6 Å². The number of fused-ring (bicyclic) bond motifs is 1. The highest BCUT2D eigenvalue weighted by molar-refractivity contribution is 5.77. The van der Waals surface area contributed by atoms with Gasteiger partial charge < -0.3 is 15.0 Å². The number of rotatable bonds is 6. The minimum absolute atomic E-state index is 0.0153. The van der Waals surface area contributed by atoms with Gasteiger partial charge in [0.2, 0.25) is 5.91 Å². The molecular weight excluding hydrogens is 372 g/mol. The smallest absolute Gasteiger partial charge is 0.222 e. The lowest BCUT2D eigenvalue weighted by Gasteiger charge is -2.38. The van der Waals surface area contributed by atoms with Gasteiger partial charge in [0, 0.05) is 13.1 Å². The Hall–Kier alpha value is -3.27. The molecule has 0 fully saturated rings. The van der Waals surface area contributed by atoms with Crippen LogP contribution in [0.2, 0.25) is 0 Å². The zero-order chi connectivity index (χ0) is 20.9. The molecule has 1 amide bonds. The van der Waals surface area contributed by atoms with Crippen molar-refractivity contribution in [2.24, 2.45) is 0 Å². The molecule has 4 nitrogen and oxygen atoms in total. The van der Waals surface area contributed by atoms with E-state index in [0.29, 0.717) is 19.6 Å². The molecule has 1 aliphatic heterocycles. The molecule has 0 saturated heterocycles. The predicted molar refractivity (Wildman–Crippen MR) is 121 cm³/mol. The molecule has 3 aromatic rings. The van der Waals surface area contributed by atoms with Gasteiger partial charge >= 0.3 is 0 Å². The molecule has 3 aromatic carbocycles. The molecule has 1 N–H and O–H groups in total. The van der Waals surface area contributed by atoms with E-state index in [1.807, 2.05) is 6.07 Å². The van der Waals surface area contributed by atoms with Crippen LogP contribution in [0.3, 0.4) is 0 Å². The maximum absolute atomic E-state index is 12.7. The molecule has 0 unspecified atom stereocenters. The van der Waals surface area contributed by atoms with E-state index in [0.717, 1.165) is 23.5 Å². The highest BCUT2D eigenvalue weighted by atomic mass is 16.5. The second-order valence-electron chi connectivity index (χ2n) is 8.02. The van der Waals surface area contributed by atoms with E-state index in [2.05, 4.69) is 90.8 Å². The molecule has 0 aromatic heterocycles. The number of nitrogens with one attached hydrogen (secondary N) is 1. The molecule has 4 rings (SSSR count). The van der Waals surface area contributed by atoms with Crippen LogP contribution < -0.4 is 15.0 Å². The van der Waals surface area contributed by atoms with Gasteiger partial charge in [0.05, 0.1) is 18.2 Å². The van der Waals surface area contributed by atoms with Crippen molar-refractivity contribution in [2.75, 3.05) is 11.5 Å². The Morgan fingerprint density at radius 1 is 0.967 bits per heavy atom. The Kier molecular flexibility index (Phi) is 6.03. The van der Waals surface area contributed by atoms with Crippen molar-refractivity contribution in [3.05, 3.63) is 95.1 Å². The first-order valence-electron chi connectivity index (χ1n) is 10.4. The van der Waals surface area contributed by atoms with Gasteiger partial charge in [0.1, 0.15) is 12.4 Å². The summed E-state index contributed by atoms with van der Waals surface area (Å²) < 4.78 is 6.04. The molecule has 154 valence electrons. The molecule has 0 radical (unpaired) electrons. The minimum Gasteiger partial charge on any atom is -0.489 e. The fourth-order valence-electron chi connectivity index (χ4n) is 3.80. The van der Waals surface area contributed by atoms with Crippen molar-refractivity contribution < 1.29 is 9.53 Å². The highest BCUT2D eigenvalue weighted by Gasteiger charge is 2.29. The lowest BCUT2D eigenvalue weighted by molar-refractivity contribution is -0.121. The quantitative estimate of drug-likeness (QED) is 0.648. The van der Waals surface area contributed by atoms with Crippen molar-refractivity contribution in [2.45, 2.75) is 39.4 Å². The summed E-state index contributed by atoms with van der Waals surface area (Å²) in [5.41, 5.74) is 5.76. The molecule has 30 heavy (non-hydrogen) atoms. The number of benzene rings is 3. The number of aryl methyl sites for hydroxylation is 2. The number of amides is 1. The van der Waals surface area contributed by atoms with Gasteiger partial charge in [-0.25, -0.2) is 0 Å². The Balaban J connectivity index is 1.48. The summed E-state index contributed by atoms with van der Waals surface area (Å²) in [6.07, 6.45) is 0.395. The fraction of sp³-hybridized carbons (Fsp3) is 0.269. The van der Waals surface area contributed by atoms with E-state index in [-0.39, 0.29) is 11.9 Å². The third kappa shape index (κ3) is 4.82.